The first-order valence-electron chi connectivity index (χ1n) is 8.11. The van der Waals surface area contributed by atoms with Crippen molar-refractivity contribution in [3.63, 3.8) is 0 Å². The predicted molar refractivity (Wildman–Crippen MR) is 102 cm³/mol. The van der Waals surface area contributed by atoms with Gasteiger partial charge in [-0.15, -0.1) is 6.58 Å². The minimum atomic E-state index is -3.59. The lowest BCUT2D eigenvalue weighted by Gasteiger charge is -2.14. The monoisotopic (exact) mass is 374 g/mol. The predicted octanol–water partition coefficient (Wildman–Crippen LogP) is 3.19. The molecule has 138 valence electrons. The molecule has 0 aromatic heterocycles. The van der Waals surface area contributed by atoms with E-state index in [-0.39, 0.29) is 23.5 Å². The smallest absolute Gasteiger partial charge is 0.259 e. The Morgan fingerprint density at radius 3 is 2.42 bits per heavy atom. The molecule has 6 nitrogen and oxygen atoms in total. The first-order valence-corrected chi connectivity index (χ1v) is 9.59. The SMILES string of the molecule is C=CCNS(=O)(=O)c1ccc(NC(=O)c2ccccc2OC(C)C)cc1. The summed E-state index contributed by atoms with van der Waals surface area (Å²) in [6, 6.07) is 12.9. The maximum absolute atomic E-state index is 12.5. The van der Waals surface area contributed by atoms with Crippen molar-refractivity contribution in [1.29, 1.82) is 0 Å². The second-order valence-corrected chi connectivity index (χ2v) is 7.55. The summed E-state index contributed by atoms with van der Waals surface area (Å²) < 4.78 is 32.1. The van der Waals surface area contributed by atoms with Gasteiger partial charge >= 0.3 is 0 Å². The third-order valence-corrected chi connectivity index (χ3v) is 4.77. The maximum Gasteiger partial charge on any atom is 0.259 e. The van der Waals surface area contributed by atoms with Gasteiger partial charge in [0.05, 0.1) is 16.6 Å². The maximum atomic E-state index is 12.5. The number of ether oxygens (including phenoxy) is 1. The van der Waals surface area contributed by atoms with Crippen LogP contribution >= 0.6 is 0 Å². The minimum absolute atomic E-state index is 0.0588. The fourth-order valence-corrected chi connectivity index (χ4v) is 3.18. The molecule has 0 aliphatic carbocycles. The van der Waals surface area contributed by atoms with E-state index in [1.54, 1.807) is 24.3 Å². The Bertz CT molecular complexity index is 875. The van der Waals surface area contributed by atoms with E-state index in [1.807, 2.05) is 13.8 Å². The fourth-order valence-electron chi connectivity index (χ4n) is 2.18. The summed E-state index contributed by atoms with van der Waals surface area (Å²) in [7, 11) is -3.59. The largest absolute Gasteiger partial charge is 0.490 e. The van der Waals surface area contributed by atoms with Gasteiger partial charge in [-0.25, -0.2) is 13.1 Å². The Labute approximate surface area is 153 Å². The molecule has 0 radical (unpaired) electrons. The molecule has 0 saturated carbocycles. The first-order chi connectivity index (χ1) is 12.3. The lowest BCUT2D eigenvalue weighted by Crippen LogP contribution is -2.23. The second-order valence-electron chi connectivity index (χ2n) is 5.78. The highest BCUT2D eigenvalue weighted by Crippen LogP contribution is 2.21. The van der Waals surface area contributed by atoms with Gasteiger partial charge in [0.15, 0.2) is 0 Å². The van der Waals surface area contributed by atoms with Crippen LogP contribution in [0.2, 0.25) is 0 Å². The summed E-state index contributed by atoms with van der Waals surface area (Å²) in [5, 5.41) is 2.74. The average molecular weight is 374 g/mol. The highest BCUT2D eigenvalue weighted by molar-refractivity contribution is 7.89. The van der Waals surface area contributed by atoms with Crippen LogP contribution < -0.4 is 14.8 Å². The molecular weight excluding hydrogens is 352 g/mol. The van der Waals surface area contributed by atoms with Crippen molar-refractivity contribution in [2.24, 2.45) is 0 Å². The fraction of sp³-hybridized carbons (Fsp3) is 0.211. The Kier molecular flexibility index (Phi) is 6.54. The number of hydrogen-bond donors (Lipinski definition) is 2. The number of anilines is 1. The number of carbonyl (C=O) groups is 1. The van der Waals surface area contributed by atoms with Crippen LogP contribution in [0.15, 0.2) is 66.1 Å². The highest BCUT2D eigenvalue weighted by atomic mass is 32.2. The van der Waals surface area contributed by atoms with E-state index >= 15 is 0 Å². The molecule has 0 atom stereocenters. The molecule has 0 fully saturated rings. The van der Waals surface area contributed by atoms with Crippen LogP contribution in [0.3, 0.4) is 0 Å². The molecule has 2 rings (SSSR count). The molecular formula is C19H22N2O4S. The molecule has 1 amide bonds. The lowest BCUT2D eigenvalue weighted by molar-refractivity contribution is 0.102. The van der Waals surface area contributed by atoms with E-state index in [2.05, 4.69) is 16.6 Å². The standard InChI is InChI=1S/C19H22N2O4S/c1-4-13-20-26(23,24)16-11-9-15(10-12-16)21-19(22)17-7-5-6-8-18(17)25-14(2)3/h4-12,14,20H,1,13H2,2-3H3,(H,21,22). The summed E-state index contributed by atoms with van der Waals surface area (Å²) in [6.07, 6.45) is 1.40. The molecule has 2 N–H and O–H groups in total. The van der Waals surface area contributed by atoms with Crippen LogP contribution in [0.25, 0.3) is 0 Å². The van der Waals surface area contributed by atoms with E-state index in [0.29, 0.717) is 17.0 Å². The van der Waals surface area contributed by atoms with Gasteiger partial charge in [0.25, 0.3) is 5.91 Å². The zero-order valence-electron chi connectivity index (χ0n) is 14.7. The first kappa shape index (κ1) is 19.7. The van der Waals surface area contributed by atoms with Crippen molar-refractivity contribution in [2.75, 3.05) is 11.9 Å². The molecule has 0 aliphatic heterocycles. The van der Waals surface area contributed by atoms with Crippen molar-refractivity contribution >= 4 is 21.6 Å². The number of amides is 1. The molecule has 0 saturated heterocycles. The van der Waals surface area contributed by atoms with E-state index in [4.69, 9.17) is 4.74 Å². The molecule has 0 unspecified atom stereocenters. The third kappa shape index (κ3) is 5.18. The normalized spacial score (nSPS) is 11.2. The molecule has 0 bridgehead atoms. The van der Waals surface area contributed by atoms with Gasteiger partial charge < -0.3 is 10.1 Å². The zero-order valence-corrected chi connectivity index (χ0v) is 15.5. The molecule has 2 aromatic rings. The lowest BCUT2D eigenvalue weighted by atomic mass is 10.1. The number of nitrogens with one attached hydrogen (secondary N) is 2. The van der Waals surface area contributed by atoms with Gasteiger partial charge in [-0.2, -0.15) is 0 Å². The van der Waals surface area contributed by atoms with Crippen LogP contribution in [-0.4, -0.2) is 27.0 Å². The summed E-state index contributed by atoms with van der Waals surface area (Å²) in [4.78, 5) is 12.6. The number of sulfonamides is 1. The Morgan fingerprint density at radius 2 is 1.81 bits per heavy atom. The van der Waals surface area contributed by atoms with Crippen molar-refractivity contribution in [1.82, 2.24) is 4.72 Å². The minimum Gasteiger partial charge on any atom is -0.490 e. The van der Waals surface area contributed by atoms with Gasteiger partial charge in [0, 0.05) is 12.2 Å². The summed E-state index contributed by atoms with van der Waals surface area (Å²) in [6.45, 7) is 7.39. The topological polar surface area (TPSA) is 84.5 Å². The Morgan fingerprint density at radius 1 is 1.15 bits per heavy atom. The quantitative estimate of drug-likeness (QED) is 0.695. The number of hydrogen-bond acceptors (Lipinski definition) is 4. The van der Waals surface area contributed by atoms with E-state index < -0.39 is 10.0 Å². The summed E-state index contributed by atoms with van der Waals surface area (Å²) in [5.74, 6) is 0.162. The van der Waals surface area contributed by atoms with Crippen LogP contribution in [0.1, 0.15) is 24.2 Å². The van der Waals surface area contributed by atoms with Crippen molar-refractivity contribution in [3.05, 3.63) is 66.7 Å². The van der Waals surface area contributed by atoms with Crippen LogP contribution in [0, 0.1) is 0 Å². The number of para-hydroxylation sites is 1. The Balaban J connectivity index is 2.15. The van der Waals surface area contributed by atoms with Gasteiger partial charge in [0.2, 0.25) is 10.0 Å². The number of rotatable bonds is 8. The summed E-state index contributed by atoms with van der Waals surface area (Å²) >= 11 is 0. The van der Waals surface area contributed by atoms with Crippen molar-refractivity contribution in [3.8, 4) is 5.75 Å². The number of benzene rings is 2. The third-order valence-electron chi connectivity index (χ3n) is 3.33. The van der Waals surface area contributed by atoms with Crippen LogP contribution in [-0.2, 0) is 10.0 Å². The van der Waals surface area contributed by atoms with Gasteiger partial charge in [0.1, 0.15) is 5.75 Å². The van der Waals surface area contributed by atoms with Gasteiger partial charge in [-0.05, 0) is 50.2 Å². The van der Waals surface area contributed by atoms with E-state index in [0.717, 1.165) is 0 Å². The molecule has 0 heterocycles. The van der Waals surface area contributed by atoms with Gasteiger partial charge in [-0.3, -0.25) is 4.79 Å². The molecule has 7 heteroatoms. The Hall–Kier alpha value is -2.64. The molecule has 0 spiro atoms. The van der Waals surface area contributed by atoms with Crippen LogP contribution in [0.5, 0.6) is 5.75 Å². The van der Waals surface area contributed by atoms with E-state index in [9.17, 15) is 13.2 Å². The van der Waals surface area contributed by atoms with Crippen molar-refractivity contribution in [2.45, 2.75) is 24.8 Å². The molecule has 2 aromatic carbocycles. The van der Waals surface area contributed by atoms with Crippen molar-refractivity contribution < 1.29 is 17.9 Å². The molecule has 26 heavy (non-hydrogen) atoms. The van der Waals surface area contributed by atoms with Crippen LogP contribution in [0.4, 0.5) is 5.69 Å². The summed E-state index contributed by atoms with van der Waals surface area (Å²) in [5.41, 5.74) is 0.891. The average Bonchev–Trinajstić information content (AvgIpc) is 2.60. The second kappa shape index (κ2) is 8.64. The zero-order chi connectivity index (χ0) is 19.2. The molecule has 0 aliphatic rings. The number of carbonyl (C=O) groups excluding carboxylic acids is 1. The van der Waals surface area contributed by atoms with E-state index in [1.165, 1.54) is 30.3 Å². The highest BCUT2D eigenvalue weighted by Gasteiger charge is 2.15. The van der Waals surface area contributed by atoms with Gasteiger partial charge in [-0.1, -0.05) is 18.2 Å².